The van der Waals surface area contributed by atoms with Crippen LogP contribution in [0.25, 0.3) is 33.3 Å². The predicted octanol–water partition coefficient (Wildman–Crippen LogP) is 4.14. The molecule has 5 rings (SSSR count). The van der Waals surface area contributed by atoms with Crippen LogP contribution in [0.2, 0.25) is 0 Å². The number of pyridine rings is 3. The van der Waals surface area contributed by atoms with Crippen LogP contribution in [-0.4, -0.2) is 40.9 Å². The molecule has 1 atom stereocenters. The van der Waals surface area contributed by atoms with Crippen molar-refractivity contribution in [1.82, 2.24) is 20.4 Å². The maximum Gasteiger partial charge on any atom is 0.279 e. The molecule has 0 saturated carbocycles. The van der Waals surface area contributed by atoms with Crippen molar-refractivity contribution in [3.8, 4) is 28.1 Å². The lowest BCUT2D eigenvalue weighted by Gasteiger charge is -2.23. The van der Waals surface area contributed by atoms with Crippen molar-refractivity contribution in [2.45, 2.75) is 25.6 Å². The molecule has 0 bridgehead atoms. The van der Waals surface area contributed by atoms with Crippen LogP contribution in [0.4, 0.5) is 5.69 Å². The minimum atomic E-state index is -0.495. The summed E-state index contributed by atoms with van der Waals surface area (Å²) in [6, 6.07) is 11.7. The molecule has 3 aromatic heterocycles. The highest BCUT2D eigenvalue weighted by Gasteiger charge is 2.25. The summed E-state index contributed by atoms with van der Waals surface area (Å²) in [5, 5.41) is 0.463. The van der Waals surface area contributed by atoms with E-state index >= 15 is 0 Å². The monoisotopic (exact) mass is 471 g/mol. The summed E-state index contributed by atoms with van der Waals surface area (Å²) >= 11 is 0. The Balaban J connectivity index is 1.56. The number of hydrogen-bond acceptors (Lipinski definition) is 8. The van der Waals surface area contributed by atoms with Gasteiger partial charge in [-0.15, -0.1) is 0 Å². The van der Waals surface area contributed by atoms with E-state index in [2.05, 4.69) is 15.4 Å². The van der Waals surface area contributed by atoms with Gasteiger partial charge < -0.3 is 15.2 Å². The molecule has 1 fully saturated rings. The maximum atomic E-state index is 13.3. The Morgan fingerprint density at radius 3 is 2.49 bits per heavy atom. The highest BCUT2D eigenvalue weighted by atomic mass is 16.8. The lowest BCUT2D eigenvalue weighted by atomic mass is 10.00. The third kappa shape index (κ3) is 4.64. The number of nitrogens with zero attached hydrogens (tertiary/aromatic N) is 3. The molecule has 0 aliphatic carbocycles. The smallest absolute Gasteiger partial charge is 0.279 e. The Hall–Kier alpha value is -4.08. The summed E-state index contributed by atoms with van der Waals surface area (Å²) in [5.41, 5.74) is 13.1. The summed E-state index contributed by atoms with van der Waals surface area (Å²) in [6.07, 6.45) is 8.72. The summed E-state index contributed by atoms with van der Waals surface area (Å²) in [7, 11) is 1.50. The standard InChI is InChI=1S/C26H25N5O4/c1-33-25-22(26(32)31-35-21-4-2-3-13-34-21)19-14-29-15-20(27)24(19)30-23(25)18-7-5-16(6-8-18)17-9-11-28-12-10-17/h5-12,14-15,21H,2-4,13,27H2,1H3,(H,31,32). The summed E-state index contributed by atoms with van der Waals surface area (Å²) in [6.45, 7) is 0.599. The number of carbonyl (C=O) groups excluding carboxylic acids is 1. The van der Waals surface area contributed by atoms with E-state index in [1.54, 1.807) is 18.6 Å². The molecule has 4 heterocycles. The number of methoxy groups -OCH3 is 1. The van der Waals surface area contributed by atoms with Crippen molar-refractivity contribution in [1.29, 1.82) is 0 Å². The molecule has 9 nitrogen and oxygen atoms in total. The van der Waals surface area contributed by atoms with E-state index in [0.29, 0.717) is 41.1 Å². The highest BCUT2D eigenvalue weighted by Crippen LogP contribution is 2.38. The van der Waals surface area contributed by atoms with E-state index in [1.807, 2.05) is 36.4 Å². The molecule has 1 aliphatic rings. The van der Waals surface area contributed by atoms with Gasteiger partial charge >= 0.3 is 0 Å². The number of hydroxylamine groups is 1. The Kier molecular flexibility index (Phi) is 6.51. The van der Waals surface area contributed by atoms with Gasteiger partial charge in [-0.3, -0.25) is 14.8 Å². The maximum absolute atomic E-state index is 13.3. The van der Waals surface area contributed by atoms with Gasteiger partial charge in [-0.1, -0.05) is 24.3 Å². The Bertz CT molecular complexity index is 1340. The highest BCUT2D eigenvalue weighted by molar-refractivity contribution is 6.11. The van der Waals surface area contributed by atoms with E-state index < -0.39 is 12.2 Å². The number of amides is 1. The number of ether oxygens (including phenoxy) is 2. The predicted molar refractivity (Wildman–Crippen MR) is 131 cm³/mol. The van der Waals surface area contributed by atoms with Gasteiger partial charge in [0.05, 0.1) is 30.1 Å². The minimum absolute atomic E-state index is 0.237. The zero-order valence-corrected chi connectivity index (χ0v) is 19.2. The van der Waals surface area contributed by atoms with Gasteiger partial charge in [-0.05, 0) is 36.1 Å². The molecule has 178 valence electrons. The summed E-state index contributed by atoms with van der Waals surface area (Å²) in [5.74, 6) is -0.197. The number of anilines is 1. The average molecular weight is 472 g/mol. The number of fused-ring (bicyclic) bond motifs is 1. The lowest BCUT2D eigenvalue weighted by molar-refractivity contribution is -0.186. The van der Waals surface area contributed by atoms with E-state index in [0.717, 1.165) is 29.5 Å². The van der Waals surface area contributed by atoms with Crippen molar-refractivity contribution < 1.29 is 19.1 Å². The first-order valence-corrected chi connectivity index (χ1v) is 11.4. The Morgan fingerprint density at radius 1 is 1.03 bits per heavy atom. The fourth-order valence-corrected chi connectivity index (χ4v) is 4.14. The molecule has 1 saturated heterocycles. The van der Waals surface area contributed by atoms with E-state index in [1.165, 1.54) is 13.3 Å². The molecular weight excluding hydrogens is 446 g/mol. The van der Waals surface area contributed by atoms with Crippen LogP contribution in [0.15, 0.2) is 61.2 Å². The summed E-state index contributed by atoms with van der Waals surface area (Å²) < 4.78 is 11.3. The van der Waals surface area contributed by atoms with Gasteiger partial charge in [0.15, 0.2) is 12.0 Å². The zero-order valence-electron chi connectivity index (χ0n) is 19.2. The van der Waals surface area contributed by atoms with Crippen molar-refractivity contribution >= 4 is 22.5 Å². The average Bonchev–Trinajstić information content (AvgIpc) is 2.92. The Morgan fingerprint density at radius 2 is 1.77 bits per heavy atom. The van der Waals surface area contributed by atoms with Gasteiger partial charge in [0.25, 0.3) is 5.91 Å². The first kappa shape index (κ1) is 22.7. The van der Waals surface area contributed by atoms with Gasteiger partial charge in [-0.25, -0.2) is 15.3 Å². The first-order chi connectivity index (χ1) is 17.2. The van der Waals surface area contributed by atoms with E-state index in [-0.39, 0.29) is 5.56 Å². The number of nitrogens with two attached hydrogens (primary N) is 1. The van der Waals surface area contributed by atoms with Gasteiger partial charge in [0.1, 0.15) is 5.69 Å². The molecule has 1 amide bonds. The number of benzene rings is 1. The number of hydrogen-bond donors (Lipinski definition) is 2. The molecule has 9 heteroatoms. The van der Waals surface area contributed by atoms with Crippen molar-refractivity contribution in [2.75, 3.05) is 19.5 Å². The van der Waals surface area contributed by atoms with Crippen LogP contribution in [0.5, 0.6) is 5.75 Å². The van der Waals surface area contributed by atoms with E-state index in [9.17, 15) is 4.79 Å². The normalized spacial score (nSPS) is 15.6. The van der Waals surface area contributed by atoms with Crippen LogP contribution in [-0.2, 0) is 9.57 Å². The second-order valence-electron chi connectivity index (χ2n) is 8.15. The van der Waals surface area contributed by atoms with Crippen molar-refractivity contribution in [3.63, 3.8) is 0 Å². The number of carbonyl (C=O) groups is 1. The molecule has 1 aliphatic heterocycles. The second kappa shape index (κ2) is 10.0. The fourth-order valence-electron chi connectivity index (χ4n) is 4.14. The number of aromatic nitrogens is 3. The third-order valence-electron chi connectivity index (χ3n) is 5.91. The van der Waals surface area contributed by atoms with Crippen LogP contribution in [0.3, 0.4) is 0 Å². The van der Waals surface area contributed by atoms with Crippen LogP contribution in [0, 0.1) is 0 Å². The first-order valence-electron chi connectivity index (χ1n) is 11.4. The molecule has 35 heavy (non-hydrogen) atoms. The van der Waals surface area contributed by atoms with Gasteiger partial charge in [0.2, 0.25) is 0 Å². The molecule has 1 aromatic carbocycles. The van der Waals surface area contributed by atoms with Crippen molar-refractivity contribution in [3.05, 3.63) is 66.7 Å². The lowest BCUT2D eigenvalue weighted by Crippen LogP contribution is -2.33. The quantitative estimate of drug-likeness (QED) is 0.403. The number of nitrogens with one attached hydrogen (secondary N) is 1. The summed E-state index contributed by atoms with van der Waals surface area (Å²) in [4.78, 5) is 31.9. The van der Waals surface area contributed by atoms with Crippen molar-refractivity contribution in [2.24, 2.45) is 0 Å². The van der Waals surface area contributed by atoms with E-state index in [4.69, 9.17) is 25.0 Å². The molecule has 4 aromatic rings. The molecular formula is C26H25N5O4. The SMILES string of the molecule is COc1c(-c2ccc(-c3ccncc3)cc2)nc2c(N)cncc2c1C(=O)NOC1CCCCO1. The molecule has 1 unspecified atom stereocenters. The fraction of sp³-hybridized carbons (Fsp3) is 0.231. The van der Waals surface area contributed by atoms with Crippen LogP contribution >= 0.6 is 0 Å². The molecule has 3 N–H and O–H groups in total. The topological polar surface area (TPSA) is 121 Å². The van der Waals surface area contributed by atoms with Crippen LogP contribution in [0.1, 0.15) is 29.6 Å². The molecule has 0 spiro atoms. The zero-order chi connectivity index (χ0) is 24.2. The minimum Gasteiger partial charge on any atom is -0.494 e. The van der Waals surface area contributed by atoms with Gasteiger partial charge in [0, 0.05) is 42.6 Å². The Labute approximate surface area is 202 Å². The molecule has 0 radical (unpaired) electrons. The van der Waals surface area contributed by atoms with Gasteiger partial charge in [-0.2, -0.15) is 0 Å². The largest absolute Gasteiger partial charge is 0.494 e. The van der Waals surface area contributed by atoms with Crippen LogP contribution < -0.4 is 16.0 Å². The number of nitrogen functional groups attached to an aromatic ring is 1. The number of rotatable bonds is 6. The second-order valence-corrected chi connectivity index (χ2v) is 8.15. The third-order valence-corrected chi connectivity index (χ3v) is 5.91.